The fourth-order valence-electron chi connectivity index (χ4n) is 3.41. The molecule has 1 fully saturated rings. The van der Waals surface area contributed by atoms with Crippen molar-refractivity contribution in [1.29, 1.82) is 0 Å². The van der Waals surface area contributed by atoms with E-state index >= 15 is 0 Å². The molecule has 2 aromatic rings. The molecule has 0 saturated carbocycles. The van der Waals surface area contributed by atoms with Crippen LogP contribution in [-0.2, 0) is 10.0 Å². The summed E-state index contributed by atoms with van der Waals surface area (Å²) in [6.45, 7) is 6.19. The first-order valence-corrected chi connectivity index (χ1v) is 11.6. The van der Waals surface area contributed by atoms with Gasteiger partial charge in [-0.15, -0.1) is 0 Å². The molecule has 1 heterocycles. The predicted octanol–water partition coefficient (Wildman–Crippen LogP) is 2.48. The number of hydrogen-bond acceptors (Lipinski definition) is 5. The number of rotatable bonds is 6. The minimum Gasteiger partial charge on any atom is -0.369 e. The Morgan fingerprint density at radius 1 is 1.00 bits per heavy atom. The molecule has 1 aliphatic heterocycles. The normalized spacial score (nSPS) is 15.2. The van der Waals surface area contributed by atoms with Crippen molar-refractivity contribution >= 4 is 33.0 Å². The van der Waals surface area contributed by atoms with Crippen LogP contribution in [-0.4, -0.2) is 65.3 Å². The number of sulfonamides is 1. The predicted molar refractivity (Wildman–Crippen MR) is 118 cm³/mol. The Balaban J connectivity index is 1.64. The molecule has 1 N–H and O–H groups in total. The smallest absolute Gasteiger partial charge is 0.255 e. The Bertz CT molecular complexity index is 935. The Labute approximate surface area is 173 Å². The molecule has 0 bridgehead atoms. The molecule has 0 aromatic heterocycles. The van der Waals surface area contributed by atoms with Gasteiger partial charge in [0.1, 0.15) is 0 Å². The van der Waals surface area contributed by atoms with E-state index in [1.54, 1.807) is 31.2 Å². The fraction of sp³-hybridized carbons (Fsp3) is 0.381. The first-order valence-electron chi connectivity index (χ1n) is 9.70. The van der Waals surface area contributed by atoms with Crippen LogP contribution in [0.2, 0.25) is 0 Å². The first kappa shape index (κ1) is 21.1. The maximum atomic E-state index is 12.5. The SMILES string of the molecule is CCN(c1ccc(C(=O)Nc2ccc(N3CCN(C)CC3)cc2)cc1)S(C)(=O)=O. The lowest BCUT2D eigenvalue weighted by molar-refractivity contribution is 0.102. The van der Waals surface area contributed by atoms with Crippen molar-refractivity contribution in [2.75, 3.05) is 60.5 Å². The molecular formula is C21H28N4O3S. The molecule has 0 aliphatic carbocycles. The van der Waals surface area contributed by atoms with Gasteiger partial charge in [-0.25, -0.2) is 8.42 Å². The summed E-state index contributed by atoms with van der Waals surface area (Å²) in [4.78, 5) is 17.2. The van der Waals surface area contributed by atoms with Crippen LogP contribution >= 0.6 is 0 Å². The Kier molecular flexibility index (Phi) is 6.44. The highest BCUT2D eigenvalue weighted by molar-refractivity contribution is 7.92. The number of nitrogens with one attached hydrogen (secondary N) is 1. The van der Waals surface area contributed by atoms with Crippen LogP contribution in [0.3, 0.4) is 0 Å². The van der Waals surface area contributed by atoms with Gasteiger partial charge in [-0.05, 0) is 62.5 Å². The van der Waals surface area contributed by atoms with Crippen LogP contribution in [0.5, 0.6) is 0 Å². The number of hydrogen-bond donors (Lipinski definition) is 1. The van der Waals surface area contributed by atoms with E-state index in [0.717, 1.165) is 37.6 Å². The molecule has 0 spiro atoms. The maximum Gasteiger partial charge on any atom is 0.255 e. The van der Waals surface area contributed by atoms with Gasteiger partial charge < -0.3 is 15.1 Å². The molecular weight excluding hydrogens is 388 g/mol. The number of carbonyl (C=O) groups is 1. The zero-order valence-electron chi connectivity index (χ0n) is 17.1. The largest absolute Gasteiger partial charge is 0.369 e. The molecule has 3 rings (SSSR count). The number of carbonyl (C=O) groups excluding carboxylic acids is 1. The number of likely N-dealkylation sites (N-methyl/N-ethyl adjacent to an activating group) is 1. The van der Waals surface area contributed by atoms with Gasteiger partial charge in [-0.2, -0.15) is 0 Å². The summed E-state index contributed by atoms with van der Waals surface area (Å²) in [5, 5.41) is 2.89. The minimum absolute atomic E-state index is 0.230. The van der Waals surface area contributed by atoms with Gasteiger partial charge in [0.15, 0.2) is 0 Å². The third-order valence-electron chi connectivity index (χ3n) is 5.10. The molecule has 1 amide bonds. The van der Waals surface area contributed by atoms with E-state index in [-0.39, 0.29) is 5.91 Å². The third-order valence-corrected chi connectivity index (χ3v) is 6.37. The average Bonchev–Trinajstić information content (AvgIpc) is 2.69. The van der Waals surface area contributed by atoms with Crippen molar-refractivity contribution in [1.82, 2.24) is 4.90 Å². The lowest BCUT2D eigenvalue weighted by Crippen LogP contribution is -2.44. The molecule has 0 radical (unpaired) electrons. The standard InChI is InChI=1S/C21H28N4O3S/c1-4-25(29(3,27)28)20-9-5-17(6-10-20)21(26)22-18-7-11-19(12-8-18)24-15-13-23(2)14-16-24/h5-12H,4,13-16H2,1-3H3,(H,22,26). The lowest BCUT2D eigenvalue weighted by atomic mass is 10.2. The molecule has 0 unspecified atom stereocenters. The van der Waals surface area contributed by atoms with Crippen LogP contribution in [0.25, 0.3) is 0 Å². The highest BCUT2D eigenvalue weighted by Gasteiger charge is 2.16. The summed E-state index contributed by atoms with van der Waals surface area (Å²) in [6, 6.07) is 14.4. The Hall–Kier alpha value is -2.58. The summed E-state index contributed by atoms with van der Waals surface area (Å²) >= 11 is 0. The summed E-state index contributed by atoms with van der Waals surface area (Å²) in [5.74, 6) is -0.230. The molecule has 156 valence electrons. The maximum absolute atomic E-state index is 12.5. The van der Waals surface area contributed by atoms with Crippen LogP contribution in [0.4, 0.5) is 17.1 Å². The van der Waals surface area contributed by atoms with Crippen molar-refractivity contribution in [3.8, 4) is 0 Å². The van der Waals surface area contributed by atoms with Crippen LogP contribution in [0, 0.1) is 0 Å². The second kappa shape index (κ2) is 8.84. The Morgan fingerprint density at radius 3 is 2.10 bits per heavy atom. The number of piperazine rings is 1. The van der Waals surface area contributed by atoms with Gasteiger partial charge in [-0.3, -0.25) is 9.10 Å². The van der Waals surface area contributed by atoms with Gasteiger partial charge >= 0.3 is 0 Å². The monoisotopic (exact) mass is 416 g/mol. The van der Waals surface area contributed by atoms with Crippen LogP contribution in [0.15, 0.2) is 48.5 Å². The average molecular weight is 417 g/mol. The fourth-order valence-corrected chi connectivity index (χ4v) is 4.38. The highest BCUT2D eigenvalue weighted by Crippen LogP contribution is 2.21. The van der Waals surface area contributed by atoms with E-state index in [4.69, 9.17) is 0 Å². The zero-order valence-corrected chi connectivity index (χ0v) is 17.9. The quantitative estimate of drug-likeness (QED) is 0.783. The van der Waals surface area contributed by atoms with Crippen LogP contribution in [0.1, 0.15) is 17.3 Å². The molecule has 7 nitrogen and oxygen atoms in total. The van der Waals surface area contributed by atoms with E-state index < -0.39 is 10.0 Å². The summed E-state index contributed by atoms with van der Waals surface area (Å²) in [6.07, 6.45) is 1.17. The van der Waals surface area contributed by atoms with E-state index in [9.17, 15) is 13.2 Å². The van der Waals surface area contributed by atoms with Gasteiger partial charge in [-0.1, -0.05) is 0 Å². The van der Waals surface area contributed by atoms with E-state index in [1.165, 1.54) is 10.6 Å². The number of benzene rings is 2. The number of nitrogens with zero attached hydrogens (tertiary/aromatic N) is 3. The summed E-state index contributed by atoms with van der Waals surface area (Å²) < 4.78 is 24.9. The van der Waals surface area contributed by atoms with E-state index in [1.807, 2.05) is 24.3 Å². The van der Waals surface area contributed by atoms with Gasteiger partial charge in [0.2, 0.25) is 10.0 Å². The second-order valence-corrected chi connectivity index (χ2v) is 9.17. The van der Waals surface area contributed by atoms with E-state index in [0.29, 0.717) is 17.8 Å². The van der Waals surface area contributed by atoms with Gasteiger partial charge in [0.25, 0.3) is 5.91 Å². The number of amides is 1. The van der Waals surface area contributed by atoms with Crippen molar-refractivity contribution in [2.24, 2.45) is 0 Å². The topological polar surface area (TPSA) is 73.0 Å². The van der Waals surface area contributed by atoms with E-state index in [2.05, 4.69) is 22.2 Å². The molecule has 1 saturated heterocycles. The molecule has 2 aromatic carbocycles. The zero-order chi connectivity index (χ0) is 21.0. The van der Waals surface area contributed by atoms with Crippen molar-refractivity contribution in [3.05, 3.63) is 54.1 Å². The highest BCUT2D eigenvalue weighted by atomic mass is 32.2. The Morgan fingerprint density at radius 2 is 1.59 bits per heavy atom. The second-order valence-electron chi connectivity index (χ2n) is 7.27. The first-order chi connectivity index (χ1) is 13.8. The van der Waals surface area contributed by atoms with Crippen molar-refractivity contribution in [2.45, 2.75) is 6.92 Å². The summed E-state index contributed by atoms with van der Waals surface area (Å²) in [5.41, 5.74) is 2.90. The lowest BCUT2D eigenvalue weighted by Gasteiger charge is -2.34. The van der Waals surface area contributed by atoms with Gasteiger partial charge in [0.05, 0.1) is 11.9 Å². The van der Waals surface area contributed by atoms with Crippen LogP contribution < -0.4 is 14.5 Å². The molecule has 29 heavy (non-hydrogen) atoms. The third kappa shape index (κ3) is 5.27. The van der Waals surface area contributed by atoms with Crippen molar-refractivity contribution < 1.29 is 13.2 Å². The molecule has 0 atom stereocenters. The molecule has 1 aliphatic rings. The summed E-state index contributed by atoms with van der Waals surface area (Å²) in [7, 11) is -1.21. The van der Waals surface area contributed by atoms with Crippen molar-refractivity contribution in [3.63, 3.8) is 0 Å². The number of anilines is 3. The minimum atomic E-state index is -3.34. The molecule has 8 heteroatoms. The van der Waals surface area contributed by atoms with Gasteiger partial charge in [0, 0.05) is 49.7 Å².